The number of hydrogen-bond acceptors (Lipinski definition) is 5. The maximum Gasteiger partial charge on any atom is 0.101 e. The molecule has 2 saturated carbocycles. The van der Waals surface area contributed by atoms with Crippen LogP contribution in [0.1, 0.15) is 6.42 Å². The summed E-state index contributed by atoms with van der Waals surface area (Å²) < 4.78 is 0. The monoisotopic (exact) mass is 273 g/mol. The molecular formula is C13H12ClN5. The average molecular weight is 274 g/mol. The summed E-state index contributed by atoms with van der Waals surface area (Å²) >= 11 is 6.08. The van der Waals surface area contributed by atoms with Gasteiger partial charge in [-0.3, -0.25) is 0 Å². The number of anilines is 1. The summed E-state index contributed by atoms with van der Waals surface area (Å²) in [5.74, 6) is 1.09. The van der Waals surface area contributed by atoms with Crippen LogP contribution in [0, 0.1) is 11.8 Å². The van der Waals surface area contributed by atoms with Crippen LogP contribution in [0.4, 0.5) is 5.69 Å². The second kappa shape index (κ2) is 3.33. The number of azo groups is 1. The fourth-order valence-corrected chi connectivity index (χ4v) is 4.36. The zero-order valence-corrected chi connectivity index (χ0v) is 10.9. The molecule has 2 aliphatic carbocycles. The van der Waals surface area contributed by atoms with Crippen LogP contribution in [0.3, 0.4) is 0 Å². The van der Waals surface area contributed by atoms with Crippen molar-refractivity contribution < 1.29 is 0 Å². The molecule has 0 radical (unpaired) electrons. The molecule has 0 N–H and O–H groups in total. The van der Waals surface area contributed by atoms with Gasteiger partial charge in [-0.25, -0.2) is 5.01 Å². The van der Waals surface area contributed by atoms with E-state index in [4.69, 9.17) is 11.6 Å². The fraction of sp³-hybridized carbons (Fsp3) is 0.538. The Morgan fingerprint density at radius 2 is 1.89 bits per heavy atom. The van der Waals surface area contributed by atoms with Gasteiger partial charge in [0.1, 0.15) is 18.1 Å². The molecule has 2 fully saturated rings. The highest BCUT2D eigenvalue weighted by Crippen LogP contribution is 2.56. The van der Waals surface area contributed by atoms with E-state index >= 15 is 0 Å². The summed E-state index contributed by atoms with van der Waals surface area (Å²) in [5, 5.41) is 20.2. The molecule has 96 valence electrons. The Kier molecular flexibility index (Phi) is 1.81. The van der Waals surface area contributed by atoms with E-state index < -0.39 is 0 Å². The van der Waals surface area contributed by atoms with E-state index in [2.05, 4.69) is 20.6 Å². The standard InChI is InChI=1S/C13H12ClN5/c14-6-2-1-3-7(4-6)19-13-9-5-8(12(13)17-18-19)10-11(9)16-15-10/h1-4,8-13H,5H2/t8-,9+,10+,11-,12-,13+/m0/s1. The Balaban J connectivity index is 1.54. The van der Waals surface area contributed by atoms with Crippen LogP contribution in [0.2, 0.25) is 5.02 Å². The molecule has 5 rings (SSSR count). The minimum absolute atomic E-state index is 0.296. The van der Waals surface area contributed by atoms with Crippen molar-refractivity contribution in [1.29, 1.82) is 0 Å². The van der Waals surface area contributed by atoms with Crippen molar-refractivity contribution in [3.8, 4) is 0 Å². The zero-order valence-electron chi connectivity index (χ0n) is 10.1. The molecule has 6 heteroatoms. The molecule has 4 aliphatic rings. The van der Waals surface area contributed by atoms with E-state index in [1.807, 2.05) is 29.3 Å². The molecule has 1 aromatic carbocycles. The minimum atomic E-state index is 0.296. The van der Waals surface area contributed by atoms with E-state index in [0.29, 0.717) is 36.0 Å². The van der Waals surface area contributed by atoms with Crippen molar-refractivity contribution in [2.45, 2.75) is 30.6 Å². The smallest absolute Gasteiger partial charge is 0.101 e. The van der Waals surface area contributed by atoms with Crippen molar-refractivity contribution in [2.75, 3.05) is 5.01 Å². The lowest BCUT2D eigenvalue weighted by Gasteiger charge is -2.38. The number of halogens is 1. The highest BCUT2D eigenvalue weighted by atomic mass is 35.5. The topological polar surface area (TPSA) is 52.7 Å². The predicted octanol–water partition coefficient (Wildman–Crippen LogP) is 3.12. The Hall–Kier alpha value is -1.49. The van der Waals surface area contributed by atoms with Crippen molar-refractivity contribution >= 4 is 17.3 Å². The first kappa shape index (κ1) is 10.3. The van der Waals surface area contributed by atoms with Crippen molar-refractivity contribution in [3.63, 3.8) is 0 Å². The Morgan fingerprint density at radius 3 is 2.68 bits per heavy atom. The van der Waals surface area contributed by atoms with Crippen LogP contribution < -0.4 is 5.01 Å². The summed E-state index contributed by atoms with van der Waals surface area (Å²) in [6.07, 6.45) is 1.19. The molecule has 2 heterocycles. The van der Waals surface area contributed by atoms with Crippen molar-refractivity contribution in [3.05, 3.63) is 29.3 Å². The number of rotatable bonds is 1. The largest absolute Gasteiger partial charge is 0.242 e. The third-order valence-electron chi connectivity index (χ3n) is 4.97. The molecule has 0 unspecified atom stereocenters. The number of hydrogen-bond donors (Lipinski definition) is 0. The van der Waals surface area contributed by atoms with Gasteiger partial charge in [0.05, 0.1) is 11.7 Å². The highest BCUT2D eigenvalue weighted by Gasteiger charge is 2.65. The van der Waals surface area contributed by atoms with Gasteiger partial charge >= 0.3 is 0 Å². The van der Waals surface area contributed by atoms with E-state index in [0.717, 1.165) is 10.7 Å². The lowest BCUT2D eigenvalue weighted by molar-refractivity contribution is 0.242. The molecule has 6 atom stereocenters. The molecule has 0 aromatic heterocycles. The third kappa shape index (κ3) is 1.17. The molecule has 5 nitrogen and oxygen atoms in total. The molecule has 0 spiro atoms. The maximum absolute atomic E-state index is 6.08. The van der Waals surface area contributed by atoms with Crippen LogP contribution in [0.5, 0.6) is 0 Å². The van der Waals surface area contributed by atoms with Crippen LogP contribution >= 0.6 is 11.6 Å². The first-order valence-corrected chi connectivity index (χ1v) is 7.06. The molecule has 2 aliphatic heterocycles. The van der Waals surface area contributed by atoms with Gasteiger partial charge in [0.25, 0.3) is 0 Å². The molecule has 1 aromatic rings. The van der Waals surface area contributed by atoms with E-state index in [-0.39, 0.29) is 0 Å². The van der Waals surface area contributed by atoms with E-state index in [1.54, 1.807) is 0 Å². The van der Waals surface area contributed by atoms with E-state index in [9.17, 15) is 0 Å². The maximum atomic E-state index is 6.08. The predicted molar refractivity (Wildman–Crippen MR) is 70.4 cm³/mol. The van der Waals surface area contributed by atoms with Crippen LogP contribution in [0.25, 0.3) is 0 Å². The molecule has 0 saturated heterocycles. The molecule has 2 bridgehead atoms. The Bertz CT molecular complexity index is 615. The SMILES string of the molecule is Clc1cccc(N2N=N[C@H]3[C@H]4C[C@H]([C@@H]5N=N[C@H]45)[C@H]32)c1. The van der Waals surface area contributed by atoms with Gasteiger partial charge in [-0.05, 0) is 24.6 Å². The summed E-state index contributed by atoms with van der Waals surface area (Å²) in [5.41, 5.74) is 1.03. The lowest BCUT2D eigenvalue weighted by Crippen LogP contribution is -2.52. The van der Waals surface area contributed by atoms with E-state index in [1.165, 1.54) is 6.42 Å². The van der Waals surface area contributed by atoms with Crippen molar-refractivity contribution in [1.82, 2.24) is 0 Å². The number of benzene rings is 1. The summed E-state index contributed by atoms with van der Waals surface area (Å²) in [7, 11) is 0. The molecular weight excluding hydrogens is 262 g/mol. The van der Waals surface area contributed by atoms with Gasteiger partial charge in [0.15, 0.2) is 0 Å². The normalized spacial score (nSPS) is 44.4. The van der Waals surface area contributed by atoms with Crippen molar-refractivity contribution in [2.24, 2.45) is 32.4 Å². The highest BCUT2D eigenvalue weighted by molar-refractivity contribution is 6.30. The first-order valence-electron chi connectivity index (χ1n) is 6.68. The Labute approximate surface area is 115 Å². The van der Waals surface area contributed by atoms with Gasteiger partial charge < -0.3 is 0 Å². The second-order valence-electron chi connectivity index (χ2n) is 5.79. The fourth-order valence-electron chi connectivity index (χ4n) is 4.18. The third-order valence-corrected chi connectivity index (χ3v) is 5.20. The molecule has 19 heavy (non-hydrogen) atoms. The molecule has 0 amide bonds. The number of nitrogens with zero attached hydrogens (tertiary/aromatic N) is 5. The summed E-state index contributed by atoms with van der Waals surface area (Å²) in [4.78, 5) is 0. The zero-order chi connectivity index (χ0) is 12.6. The summed E-state index contributed by atoms with van der Waals surface area (Å²) in [6, 6.07) is 9.31. The van der Waals surface area contributed by atoms with Crippen LogP contribution in [-0.2, 0) is 0 Å². The Morgan fingerprint density at radius 1 is 1.05 bits per heavy atom. The van der Waals surface area contributed by atoms with Gasteiger partial charge in [-0.15, -0.1) is 0 Å². The quantitative estimate of drug-likeness (QED) is 0.775. The van der Waals surface area contributed by atoms with Gasteiger partial charge in [0, 0.05) is 16.9 Å². The average Bonchev–Trinajstić information content (AvgIpc) is 2.96. The lowest BCUT2D eigenvalue weighted by atomic mass is 9.82. The minimum Gasteiger partial charge on any atom is -0.242 e. The van der Waals surface area contributed by atoms with Gasteiger partial charge in [-0.1, -0.05) is 22.9 Å². The van der Waals surface area contributed by atoms with Crippen LogP contribution in [0.15, 0.2) is 44.8 Å². The second-order valence-corrected chi connectivity index (χ2v) is 6.22. The van der Waals surface area contributed by atoms with Gasteiger partial charge in [-0.2, -0.15) is 15.3 Å². The van der Waals surface area contributed by atoms with Gasteiger partial charge in [0.2, 0.25) is 0 Å². The van der Waals surface area contributed by atoms with Crippen LogP contribution in [-0.4, -0.2) is 24.2 Å². The summed E-state index contributed by atoms with van der Waals surface area (Å²) in [6.45, 7) is 0. The first-order chi connectivity index (χ1) is 9.33. The number of fused-ring (bicyclic) bond motifs is 8.